The molecule has 1 aromatic rings. The van der Waals surface area contributed by atoms with Crippen LogP contribution in [0.4, 0.5) is 6.01 Å². The highest BCUT2D eigenvalue weighted by Gasteiger charge is 2.30. The zero-order chi connectivity index (χ0) is 8.55. The van der Waals surface area contributed by atoms with Crippen LogP contribution in [-0.2, 0) is 0 Å². The van der Waals surface area contributed by atoms with E-state index in [4.69, 9.17) is 4.42 Å². The molecule has 0 spiro atoms. The molecule has 0 bridgehead atoms. The molecule has 1 aliphatic heterocycles. The summed E-state index contributed by atoms with van der Waals surface area (Å²) >= 11 is 0. The zero-order valence-electron chi connectivity index (χ0n) is 7.27. The van der Waals surface area contributed by atoms with Crippen LogP contribution in [0.25, 0.3) is 0 Å². The molecular formula is C7H12N4O. The van der Waals surface area contributed by atoms with Crippen LogP contribution in [0.15, 0.2) is 10.8 Å². The average Bonchev–Trinajstić information content (AvgIpc) is 2.34. The van der Waals surface area contributed by atoms with Crippen LogP contribution < -0.4 is 4.90 Å². The molecule has 0 radical (unpaired) electrons. The van der Waals surface area contributed by atoms with E-state index in [1.807, 2.05) is 0 Å². The molecule has 1 fully saturated rings. The summed E-state index contributed by atoms with van der Waals surface area (Å²) in [5.41, 5.74) is 0. The van der Waals surface area contributed by atoms with Crippen LogP contribution in [0.1, 0.15) is 0 Å². The minimum atomic E-state index is 0.622. The second kappa shape index (κ2) is 2.75. The minimum absolute atomic E-state index is 0.622. The largest absolute Gasteiger partial charge is 0.411 e. The number of hydrogen-bond acceptors (Lipinski definition) is 5. The Hall–Kier alpha value is -1.10. The molecule has 0 unspecified atom stereocenters. The maximum atomic E-state index is 5.05. The summed E-state index contributed by atoms with van der Waals surface area (Å²) in [6, 6.07) is 1.25. The van der Waals surface area contributed by atoms with Gasteiger partial charge in [-0.3, -0.25) is 0 Å². The first-order valence-corrected chi connectivity index (χ1v) is 3.95. The fourth-order valence-electron chi connectivity index (χ4n) is 1.24. The second-order valence-corrected chi connectivity index (χ2v) is 3.24. The summed E-state index contributed by atoms with van der Waals surface area (Å²) in [6.45, 7) is 1.96. The molecule has 0 aromatic carbocycles. The minimum Gasteiger partial charge on any atom is -0.411 e. The number of rotatable bonds is 2. The zero-order valence-corrected chi connectivity index (χ0v) is 7.27. The molecule has 0 saturated carbocycles. The van der Waals surface area contributed by atoms with Crippen LogP contribution in [0.2, 0.25) is 0 Å². The highest BCUT2D eigenvalue weighted by Crippen LogP contribution is 2.19. The molecule has 0 atom stereocenters. The van der Waals surface area contributed by atoms with Crippen molar-refractivity contribution in [3.8, 4) is 0 Å². The van der Waals surface area contributed by atoms with Crippen molar-refractivity contribution in [1.29, 1.82) is 0 Å². The van der Waals surface area contributed by atoms with Crippen molar-refractivity contribution in [3.63, 3.8) is 0 Å². The molecule has 1 aliphatic rings. The number of nitrogens with zero attached hydrogens (tertiary/aromatic N) is 4. The Bertz CT molecular complexity index is 240. The van der Waals surface area contributed by atoms with Gasteiger partial charge in [0, 0.05) is 19.1 Å². The van der Waals surface area contributed by atoms with Crippen LogP contribution >= 0.6 is 0 Å². The van der Waals surface area contributed by atoms with Gasteiger partial charge in [-0.15, -0.1) is 5.10 Å². The second-order valence-electron chi connectivity index (χ2n) is 3.24. The van der Waals surface area contributed by atoms with E-state index in [1.54, 1.807) is 0 Å². The van der Waals surface area contributed by atoms with E-state index in [0.29, 0.717) is 12.1 Å². The summed E-state index contributed by atoms with van der Waals surface area (Å²) in [6.07, 6.45) is 1.36. The first kappa shape index (κ1) is 7.54. The highest BCUT2D eigenvalue weighted by atomic mass is 16.4. The first-order chi connectivity index (χ1) is 5.77. The molecule has 5 nitrogen and oxygen atoms in total. The summed E-state index contributed by atoms with van der Waals surface area (Å²) in [5, 5.41) is 7.45. The quantitative estimate of drug-likeness (QED) is 0.613. The Kier molecular flexibility index (Phi) is 1.73. The summed E-state index contributed by atoms with van der Waals surface area (Å²) in [4.78, 5) is 4.27. The standard InChI is InChI=1S/C7H12N4O/c1-10(2)6-3-11(4-6)7-9-8-5-12-7/h5-6H,3-4H2,1-2H3. The van der Waals surface area contributed by atoms with E-state index in [9.17, 15) is 0 Å². The van der Waals surface area contributed by atoms with Gasteiger partial charge < -0.3 is 14.2 Å². The summed E-state index contributed by atoms with van der Waals surface area (Å²) in [5.74, 6) is 0. The fourth-order valence-corrected chi connectivity index (χ4v) is 1.24. The van der Waals surface area contributed by atoms with Crippen molar-refractivity contribution in [2.75, 3.05) is 32.1 Å². The van der Waals surface area contributed by atoms with E-state index in [0.717, 1.165) is 13.1 Å². The molecular weight excluding hydrogens is 156 g/mol. The average molecular weight is 168 g/mol. The molecule has 2 heterocycles. The summed E-state index contributed by atoms with van der Waals surface area (Å²) < 4.78 is 5.05. The molecule has 1 aromatic heterocycles. The molecule has 0 aliphatic carbocycles. The topological polar surface area (TPSA) is 45.4 Å². The molecule has 12 heavy (non-hydrogen) atoms. The Balaban J connectivity index is 1.90. The van der Waals surface area contributed by atoms with E-state index in [1.165, 1.54) is 6.39 Å². The first-order valence-electron chi connectivity index (χ1n) is 3.95. The maximum absolute atomic E-state index is 5.05. The van der Waals surface area contributed by atoms with Gasteiger partial charge in [0.25, 0.3) is 0 Å². The van der Waals surface area contributed by atoms with Crippen molar-refractivity contribution in [1.82, 2.24) is 15.1 Å². The van der Waals surface area contributed by atoms with Crippen molar-refractivity contribution < 1.29 is 4.42 Å². The van der Waals surface area contributed by atoms with Crippen LogP contribution in [-0.4, -0.2) is 48.3 Å². The molecule has 2 rings (SSSR count). The van der Waals surface area contributed by atoms with Crippen molar-refractivity contribution in [2.24, 2.45) is 0 Å². The van der Waals surface area contributed by atoms with Gasteiger partial charge in [0.1, 0.15) is 0 Å². The Morgan fingerprint density at radius 3 is 2.83 bits per heavy atom. The predicted molar refractivity (Wildman–Crippen MR) is 44.0 cm³/mol. The number of aromatic nitrogens is 2. The van der Waals surface area contributed by atoms with Crippen LogP contribution in [0.5, 0.6) is 0 Å². The predicted octanol–water partition coefficient (Wildman–Crippen LogP) is -0.180. The molecule has 5 heteroatoms. The SMILES string of the molecule is CN(C)C1CN(c2nnco2)C1. The van der Waals surface area contributed by atoms with Gasteiger partial charge in [0.05, 0.1) is 0 Å². The van der Waals surface area contributed by atoms with E-state index in [-0.39, 0.29) is 0 Å². The molecule has 0 amide bonds. The Morgan fingerprint density at radius 2 is 2.33 bits per heavy atom. The summed E-state index contributed by atoms with van der Waals surface area (Å²) in [7, 11) is 4.16. The van der Waals surface area contributed by atoms with Gasteiger partial charge in [-0.25, -0.2) is 0 Å². The van der Waals surface area contributed by atoms with Gasteiger partial charge >= 0.3 is 6.01 Å². The number of hydrogen-bond donors (Lipinski definition) is 0. The lowest BCUT2D eigenvalue weighted by molar-refractivity contribution is 0.238. The lowest BCUT2D eigenvalue weighted by atomic mass is 10.1. The lowest BCUT2D eigenvalue weighted by Crippen LogP contribution is -2.57. The smallest absolute Gasteiger partial charge is 0.318 e. The lowest BCUT2D eigenvalue weighted by Gasteiger charge is -2.41. The van der Waals surface area contributed by atoms with Crippen molar-refractivity contribution >= 4 is 6.01 Å². The third-order valence-corrected chi connectivity index (χ3v) is 2.21. The maximum Gasteiger partial charge on any atom is 0.318 e. The third kappa shape index (κ3) is 1.16. The monoisotopic (exact) mass is 168 g/mol. The number of likely N-dealkylation sites (N-methyl/N-ethyl adjacent to an activating group) is 1. The number of anilines is 1. The normalized spacial score (nSPS) is 18.4. The van der Waals surface area contributed by atoms with Gasteiger partial charge in [-0.05, 0) is 14.1 Å². The van der Waals surface area contributed by atoms with Gasteiger partial charge in [0.2, 0.25) is 6.39 Å². The fraction of sp³-hybridized carbons (Fsp3) is 0.714. The van der Waals surface area contributed by atoms with E-state index in [2.05, 4.69) is 34.1 Å². The molecule has 66 valence electrons. The third-order valence-electron chi connectivity index (χ3n) is 2.21. The van der Waals surface area contributed by atoms with E-state index >= 15 is 0 Å². The van der Waals surface area contributed by atoms with E-state index < -0.39 is 0 Å². The van der Waals surface area contributed by atoms with Gasteiger partial charge in [-0.2, -0.15) is 0 Å². The molecule has 1 saturated heterocycles. The Labute approximate surface area is 71.0 Å². The van der Waals surface area contributed by atoms with Gasteiger partial charge in [0.15, 0.2) is 0 Å². The molecule has 0 N–H and O–H groups in total. The van der Waals surface area contributed by atoms with Gasteiger partial charge in [-0.1, -0.05) is 5.10 Å². The van der Waals surface area contributed by atoms with Crippen molar-refractivity contribution in [3.05, 3.63) is 6.39 Å². The van der Waals surface area contributed by atoms with Crippen molar-refractivity contribution in [2.45, 2.75) is 6.04 Å². The van der Waals surface area contributed by atoms with Crippen LogP contribution in [0.3, 0.4) is 0 Å². The Morgan fingerprint density at radius 1 is 1.58 bits per heavy atom. The van der Waals surface area contributed by atoms with Crippen LogP contribution in [0, 0.1) is 0 Å². The highest BCUT2D eigenvalue weighted by molar-refractivity contribution is 5.30.